The Hall–Kier alpha value is -2.78. The van der Waals surface area contributed by atoms with Gasteiger partial charge in [0.15, 0.2) is 5.69 Å². The zero-order valence-electron chi connectivity index (χ0n) is 11.7. The predicted molar refractivity (Wildman–Crippen MR) is 73.3 cm³/mol. The molecule has 0 bridgehead atoms. The van der Waals surface area contributed by atoms with Gasteiger partial charge in [0.2, 0.25) is 5.82 Å². The van der Waals surface area contributed by atoms with E-state index in [0.717, 1.165) is 0 Å². The second kappa shape index (κ2) is 5.11. The van der Waals surface area contributed by atoms with E-state index >= 15 is 0 Å². The van der Waals surface area contributed by atoms with Gasteiger partial charge in [0.1, 0.15) is 0 Å². The molecule has 0 atom stereocenters. The topological polar surface area (TPSA) is 46.5 Å². The van der Waals surface area contributed by atoms with E-state index in [1.165, 1.54) is 24.4 Å². The Morgan fingerprint density at radius 1 is 1.08 bits per heavy atom. The third kappa shape index (κ3) is 2.63. The monoisotopic (exact) mass is 346 g/mol. The number of fused-ring (bicyclic) bond motifs is 1. The van der Waals surface area contributed by atoms with Crippen LogP contribution >= 0.6 is 0 Å². The van der Waals surface area contributed by atoms with Gasteiger partial charge in [0.25, 0.3) is 0 Å². The fourth-order valence-corrected chi connectivity index (χ4v) is 2.28. The summed E-state index contributed by atoms with van der Waals surface area (Å²) in [6, 6.07) is 2.55. The van der Waals surface area contributed by atoms with Gasteiger partial charge in [-0.25, -0.2) is 4.98 Å². The minimum absolute atomic E-state index is 0.130. The number of rotatable bonds is 2. The Balaban J connectivity index is 2.29. The molecule has 0 aliphatic heterocycles. The van der Waals surface area contributed by atoms with E-state index in [9.17, 15) is 26.3 Å². The average molecular weight is 346 g/mol. The van der Waals surface area contributed by atoms with Gasteiger partial charge >= 0.3 is 12.4 Å². The van der Waals surface area contributed by atoms with Gasteiger partial charge < -0.3 is 0 Å². The molecule has 2 heterocycles. The van der Waals surface area contributed by atoms with E-state index in [2.05, 4.69) is 21.8 Å². The van der Waals surface area contributed by atoms with E-state index in [1.807, 2.05) is 0 Å². The van der Waals surface area contributed by atoms with Crippen LogP contribution in [0.15, 0.2) is 31.1 Å². The lowest BCUT2D eigenvalue weighted by atomic mass is 10.1. The second-order valence-electron chi connectivity index (χ2n) is 4.89. The van der Waals surface area contributed by atoms with Crippen LogP contribution in [0.2, 0.25) is 0 Å². The largest absolute Gasteiger partial charge is 0.450 e. The molecule has 0 aliphatic carbocycles. The van der Waals surface area contributed by atoms with Crippen LogP contribution in [0.4, 0.5) is 26.3 Å². The van der Waals surface area contributed by atoms with Gasteiger partial charge in [-0.1, -0.05) is 12.7 Å². The van der Waals surface area contributed by atoms with Crippen molar-refractivity contribution < 1.29 is 26.3 Å². The molecule has 0 amide bonds. The number of hydrogen-bond donors (Lipinski definition) is 1. The summed E-state index contributed by atoms with van der Waals surface area (Å²) in [6.07, 6.45) is -7.02. The maximum Gasteiger partial charge on any atom is 0.450 e. The molecule has 24 heavy (non-hydrogen) atoms. The SMILES string of the molecule is C=Cc1cc(-n2cc(C(F)(F)F)nc2C(F)(F)F)cc2cn[nH]c12. The van der Waals surface area contributed by atoms with Gasteiger partial charge in [0, 0.05) is 22.8 Å². The second-order valence-corrected chi connectivity index (χ2v) is 4.89. The van der Waals surface area contributed by atoms with Crippen LogP contribution in [0.1, 0.15) is 17.1 Å². The Bertz CT molecular complexity index is 916. The number of alkyl halides is 6. The fraction of sp³-hybridized carbons (Fsp3) is 0.143. The standard InChI is InChI=1S/C14H8F6N4/c1-2-7-3-9(4-8-5-21-23-11(7)8)24-6-10(13(15,16)17)22-12(24)14(18,19)20/h2-6H,1H2,(H,21,23). The molecule has 0 saturated carbocycles. The average Bonchev–Trinajstić information content (AvgIpc) is 3.11. The van der Waals surface area contributed by atoms with Crippen LogP contribution in [0, 0.1) is 0 Å². The molecule has 0 unspecified atom stereocenters. The van der Waals surface area contributed by atoms with E-state index in [1.54, 1.807) is 0 Å². The molecule has 126 valence electrons. The maximum atomic E-state index is 13.1. The minimum Gasteiger partial charge on any atom is -0.295 e. The van der Waals surface area contributed by atoms with E-state index in [-0.39, 0.29) is 5.69 Å². The van der Waals surface area contributed by atoms with Crippen molar-refractivity contribution in [1.82, 2.24) is 19.7 Å². The summed E-state index contributed by atoms with van der Waals surface area (Å²) < 4.78 is 77.9. The lowest BCUT2D eigenvalue weighted by molar-refractivity contribution is -0.150. The molecule has 0 spiro atoms. The van der Waals surface area contributed by atoms with Crippen LogP contribution in [-0.2, 0) is 12.4 Å². The summed E-state index contributed by atoms with van der Waals surface area (Å²) in [6.45, 7) is 3.54. The number of hydrogen-bond acceptors (Lipinski definition) is 2. The smallest absolute Gasteiger partial charge is 0.295 e. The van der Waals surface area contributed by atoms with Gasteiger partial charge in [-0.15, -0.1) is 0 Å². The number of nitrogens with one attached hydrogen (secondary N) is 1. The molecule has 2 aromatic heterocycles. The first-order valence-corrected chi connectivity index (χ1v) is 6.45. The Labute approximate surface area is 130 Å². The molecule has 1 aromatic carbocycles. The summed E-state index contributed by atoms with van der Waals surface area (Å²) in [5.41, 5.74) is -0.842. The lowest BCUT2D eigenvalue weighted by Gasteiger charge is -2.11. The first-order chi connectivity index (χ1) is 11.1. The molecule has 10 heteroatoms. The Kier molecular flexibility index (Phi) is 3.43. The number of H-pyrrole nitrogens is 1. The summed E-state index contributed by atoms with van der Waals surface area (Å²) in [4.78, 5) is 2.72. The number of benzene rings is 1. The summed E-state index contributed by atoms with van der Waals surface area (Å²) >= 11 is 0. The van der Waals surface area contributed by atoms with Crippen molar-refractivity contribution in [1.29, 1.82) is 0 Å². The third-order valence-electron chi connectivity index (χ3n) is 3.31. The normalized spacial score (nSPS) is 12.8. The van der Waals surface area contributed by atoms with E-state index in [0.29, 0.717) is 27.2 Å². The number of halogens is 6. The zero-order valence-corrected chi connectivity index (χ0v) is 11.7. The fourth-order valence-electron chi connectivity index (χ4n) is 2.28. The molecule has 3 aromatic rings. The molecule has 0 radical (unpaired) electrons. The lowest BCUT2D eigenvalue weighted by Crippen LogP contribution is -2.14. The molecule has 4 nitrogen and oxygen atoms in total. The molecule has 1 N–H and O–H groups in total. The van der Waals surface area contributed by atoms with Crippen molar-refractivity contribution in [3.05, 3.63) is 48.2 Å². The molecule has 0 fully saturated rings. The van der Waals surface area contributed by atoms with Gasteiger partial charge in [-0.2, -0.15) is 31.4 Å². The number of aromatic nitrogens is 4. The first kappa shape index (κ1) is 16.1. The molecule has 0 aliphatic rings. The van der Waals surface area contributed by atoms with Crippen molar-refractivity contribution in [3.8, 4) is 5.69 Å². The highest BCUT2D eigenvalue weighted by Gasteiger charge is 2.42. The van der Waals surface area contributed by atoms with E-state index < -0.39 is 23.9 Å². The quantitative estimate of drug-likeness (QED) is 0.698. The van der Waals surface area contributed by atoms with Crippen LogP contribution in [0.5, 0.6) is 0 Å². The van der Waals surface area contributed by atoms with Crippen molar-refractivity contribution in [2.45, 2.75) is 12.4 Å². The summed E-state index contributed by atoms with van der Waals surface area (Å²) in [5.74, 6) is -1.66. The molecular weight excluding hydrogens is 338 g/mol. The highest BCUT2D eigenvalue weighted by atomic mass is 19.4. The Morgan fingerprint density at radius 3 is 2.38 bits per heavy atom. The van der Waals surface area contributed by atoms with Crippen molar-refractivity contribution in [2.24, 2.45) is 0 Å². The zero-order chi connectivity index (χ0) is 17.7. The highest BCUT2D eigenvalue weighted by molar-refractivity contribution is 5.88. The number of imidazole rings is 1. The van der Waals surface area contributed by atoms with Crippen LogP contribution in [-0.4, -0.2) is 19.7 Å². The number of aromatic amines is 1. The van der Waals surface area contributed by atoms with Crippen LogP contribution in [0.25, 0.3) is 22.7 Å². The minimum atomic E-state index is -5.05. The Morgan fingerprint density at radius 2 is 1.79 bits per heavy atom. The summed E-state index contributed by atoms with van der Waals surface area (Å²) in [5, 5.41) is 6.83. The van der Waals surface area contributed by atoms with E-state index in [4.69, 9.17) is 0 Å². The van der Waals surface area contributed by atoms with Crippen molar-refractivity contribution in [3.63, 3.8) is 0 Å². The predicted octanol–water partition coefficient (Wildman–Crippen LogP) is 4.43. The van der Waals surface area contributed by atoms with Gasteiger partial charge in [-0.3, -0.25) is 9.67 Å². The molecule has 3 rings (SSSR count). The van der Waals surface area contributed by atoms with Gasteiger partial charge in [0.05, 0.1) is 11.7 Å². The van der Waals surface area contributed by atoms with Crippen molar-refractivity contribution >= 4 is 17.0 Å². The first-order valence-electron chi connectivity index (χ1n) is 6.45. The molecular formula is C14H8F6N4. The number of nitrogens with zero attached hydrogens (tertiary/aromatic N) is 3. The third-order valence-corrected chi connectivity index (χ3v) is 3.31. The maximum absolute atomic E-state index is 13.1. The van der Waals surface area contributed by atoms with Gasteiger partial charge in [-0.05, 0) is 12.1 Å². The highest BCUT2D eigenvalue weighted by Crippen LogP contribution is 2.36. The van der Waals surface area contributed by atoms with Crippen LogP contribution < -0.4 is 0 Å². The van der Waals surface area contributed by atoms with Crippen LogP contribution in [0.3, 0.4) is 0 Å². The summed E-state index contributed by atoms with van der Waals surface area (Å²) in [7, 11) is 0. The molecule has 0 saturated heterocycles. The van der Waals surface area contributed by atoms with Crippen molar-refractivity contribution in [2.75, 3.05) is 0 Å².